The van der Waals surface area contributed by atoms with E-state index < -0.39 is 0 Å². The van der Waals surface area contributed by atoms with E-state index in [2.05, 4.69) is 16.0 Å². The maximum atomic E-state index is 12.2. The first kappa shape index (κ1) is 20.7. The molecular formula is C21H27N5O3. The standard InChI is InChI=1S/C21H27N5O3/c1-16(2)26-20(27)14-19(23-21(26)28)25-11-9-24(10-12-25)8-5-13-29-18-7-4-3-6-17(18)15-22/h3-4,6-7,14,16H,5,8-13H2,1-2H3,(H,23,28). The molecule has 2 heterocycles. The molecule has 1 aliphatic heterocycles. The normalized spacial score (nSPS) is 14.8. The molecule has 0 bridgehead atoms. The van der Waals surface area contributed by atoms with Gasteiger partial charge in [0, 0.05) is 44.8 Å². The van der Waals surface area contributed by atoms with Gasteiger partial charge in [0.2, 0.25) is 0 Å². The minimum Gasteiger partial charge on any atom is -0.492 e. The van der Waals surface area contributed by atoms with Gasteiger partial charge < -0.3 is 9.64 Å². The highest BCUT2D eigenvalue weighted by molar-refractivity contribution is 5.42. The number of ether oxygens (including phenoxy) is 1. The molecule has 154 valence electrons. The number of benzene rings is 1. The second-order valence-electron chi connectivity index (χ2n) is 7.40. The van der Waals surface area contributed by atoms with Crippen molar-refractivity contribution in [1.82, 2.24) is 14.5 Å². The van der Waals surface area contributed by atoms with Crippen molar-refractivity contribution in [2.24, 2.45) is 0 Å². The van der Waals surface area contributed by atoms with Crippen molar-refractivity contribution in [1.29, 1.82) is 5.26 Å². The van der Waals surface area contributed by atoms with Crippen LogP contribution in [0, 0.1) is 11.3 Å². The number of piperazine rings is 1. The monoisotopic (exact) mass is 397 g/mol. The lowest BCUT2D eigenvalue weighted by Gasteiger charge is -2.35. The molecule has 8 heteroatoms. The molecule has 0 unspecified atom stereocenters. The Morgan fingerprint density at radius 2 is 1.90 bits per heavy atom. The van der Waals surface area contributed by atoms with Crippen LogP contribution in [0.1, 0.15) is 31.9 Å². The SMILES string of the molecule is CC(C)n1c(=O)cc(N2CCN(CCCOc3ccccc3C#N)CC2)[nH]c1=O. The summed E-state index contributed by atoms with van der Waals surface area (Å²) in [6.45, 7) is 8.29. The lowest BCUT2D eigenvalue weighted by atomic mass is 10.2. The summed E-state index contributed by atoms with van der Waals surface area (Å²) in [5, 5.41) is 9.09. The molecule has 0 saturated carbocycles. The first-order chi connectivity index (χ1) is 14.0. The highest BCUT2D eigenvalue weighted by Crippen LogP contribution is 2.17. The molecule has 0 spiro atoms. The Morgan fingerprint density at radius 1 is 1.17 bits per heavy atom. The average molecular weight is 397 g/mol. The lowest BCUT2D eigenvalue weighted by Crippen LogP contribution is -2.48. The minimum atomic E-state index is -0.361. The molecule has 1 fully saturated rings. The molecule has 1 aliphatic rings. The van der Waals surface area contributed by atoms with Crippen molar-refractivity contribution in [3.63, 3.8) is 0 Å². The molecule has 1 N–H and O–H groups in total. The van der Waals surface area contributed by atoms with Gasteiger partial charge in [-0.3, -0.25) is 19.2 Å². The van der Waals surface area contributed by atoms with Gasteiger partial charge in [-0.1, -0.05) is 12.1 Å². The van der Waals surface area contributed by atoms with Gasteiger partial charge >= 0.3 is 5.69 Å². The molecule has 0 radical (unpaired) electrons. The van der Waals surface area contributed by atoms with Crippen molar-refractivity contribution < 1.29 is 4.74 Å². The molecular weight excluding hydrogens is 370 g/mol. The zero-order chi connectivity index (χ0) is 20.8. The quantitative estimate of drug-likeness (QED) is 0.713. The Labute approximate surface area is 169 Å². The maximum Gasteiger partial charge on any atom is 0.330 e. The summed E-state index contributed by atoms with van der Waals surface area (Å²) in [4.78, 5) is 31.6. The number of hydrogen-bond acceptors (Lipinski definition) is 6. The zero-order valence-corrected chi connectivity index (χ0v) is 16.9. The van der Waals surface area contributed by atoms with Crippen molar-refractivity contribution >= 4 is 5.82 Å². The number of nitriles is 1. The molecule has 0 aliphatic carbocycles. The summed E-state index contributed by atoms with van der Waals surface area (Å²) in [5.41, 5.74) is -0.0785. The fourth-order valence-electron chi connectivity index (χ4n) is 3.52. The van der Waals surface area contributed by atoms with E-state index in [4.69, 9.17) is 10.00 Å². The van der Waals surface area contributed by atoms with E-state index in [9.17, 15) is 9.59 Å². The summed E-state index contributed by atoms with van der Waals surface area (Å²) in [7, 11) is 0. The van der Waals surface area contributed by atoms with E-state index in [-0.39, 0.29) is 17.3 Å². The van der Waals surface area contributed by atoms with Crippen LogP contribution in [0.15, 0.2) is 39.9 Å². The van der Waals surface area contributed by atoms with Gasteiger partial charge in [0.05, 0.1) is 12.2 Å². The molecule has 0 amide bonds. The highest BCUT2D eigenvalue weighted by atomic mass is 16.5. The first-order valence-corrected chi connectivity index (χ1v) is 9.94. The predicted octanol–water partition coefficient (Wildman–Crippen LogP) is 1.58. The van der Waals surface area contributed by atoms with Crippen molar-refractivity contribution in [2.45, 2.75) is 26.3 Å². The van der Waals surface area contributed by atoms with E-state index >= 15 is 0 Å². The van der Waals surface area contributed by atoms with E-state index in [1.54, 1.807) is 6.07 Å². The van der Waals surface area contributed by atoms with E-state index in [0.29, 0.717) is 23.7 Å². The topological polar surface area (TPSA) is 94.4 Å². The summed E-state index contributed by atoms with van der Waals surface area (Å²) in [5.74, 6) is 1.22. The first-order valence-electron chi connectivity index (χ1n) is 9.94. The van der Waals surface area contributed by atoms with Gasteiger partial charge in [-0.25, -0.2) is 4.79 Å². The van der Waals surface area contributed by atoms with Crippen molar-refractivity contribution in [2.75, 3.05) is 44.2 Å². The molecule has 8 nitrogen and oxygen atoms in total. The third-order valence-electron chi connectivity index (χ3n) is 5.06. The van der Waals surface area contributed by atoms with Crippen LogP contribution in [0.4, 0.5) is 5.82 Å². The zero-order valence-electron chi connectivity index (χ0n) is 16.9. The van der Waals surface area contributed by atoms with Gasteiger partial charge in [-0.15, -0.1) is 0 Å². The third-order valence-corrected chi connectivity index (χ3v) is 5.06. The van der Waals surface area contributed by atoms with Gasteiger partial charge in [-0.2, -0.15) is 5.26 Å². The average Bonchev–Trinajstić information content (AvgIpc) is 2.71. The largest absolute Gasteiger partial charge is 0.492 e. The minimum absolute atomic E-state index is 0.167. The number of rotatable bonds is 7. The molecule has 1 saturated heterocycles. The second kappa shape index (κ2) is 9.43. The maximum absolute atomic E-state index is 12.2. The third kappa shape index (κ3) is 5.06. The summed E-state index contributed by atoms with van der Waals surface area (Å²) in [6.07, 6.45) is 0.862. The molecule has 2 aromatic rings. The smallest absolute Gasteiger partial charge is 0.330 e. The number of anilines is 1. The summed E-state index contributed by atoms with van der Waals surface area (Å²) < 4.78 is 6.96. The van der Waals surface area contributed by atoms with E-state index in [1.165, 1.54) is 10.6 Å². The van der Waals surface area contributed by atoms with Crippen LogP contribution in [-0.2, 0) is 0 Å². The number of nitrogens with one attached hydrogen (secondary N) is 1. The Morgan fingerprint density at radius 3 is 2.55 bits per heavy atom. The number of aromatic nitrogens is 2. The van der Waals surface area contributed by atoms with Gasteiger partial charge in [0.25, 0.3) is 5.56 Å². The Hall–Kier alpha value is -3.05. The number of nitrogens with zero attached hydrogens (tertiary/aromatic N) is 4. The van der Waals surface area contributed by atoms with E-state index in [0.717, 1.165) is 39.1 Å². The lowest BCUT2D eigenvalue weighted by molar-refractivity contribution is 0.224. The molecule has 1 aromatic heterocycles. The van der Waals surface area contributed by atoms with Crippen LogP contribution in [0.5, 0.6) is 5.75 Å². The molecule has 0 atom stereocenters. The van der Waals surface area contributed by atoms with Crippen molar-refractivity contribution in [3.05, 3.63) is 56.7 Å². The number of hydrogen-bond donors (Lipinski definition) is 1. The van der Waals surface area contributed by atoms with Gasteiger partial charge in [0.1, 0.15) is 17.6 Å². The van der Waals surface area contributed by atoms with E-state index in [1.807, 2.05) is 36.9 Å². The predicted molar refractivity (Wildman–Crippen MR) is 112 cm³/mol. The summed E-state index contributed by atoms with van der Waals surface area (Å²) >= 11 is 0. The van der Waals surface area contributed by atoms with Crippen LogP contribution in [0.2, 0.25) is 0 Å². The second-order valence-corrected chi connectivity index (χ2v) is 7.40. The van der Waals surface area contributed by atoms with Crippen molar-refractivity contribution in [3.8, 4) is 11.8 Å². The molecule has 29 heavy (non-hydrogen) atoms. The van der Waals surface area contributed by atoms with Gasteiger partial charge in [0.15, 0.2) is 0 Å². The van der Waals surface area contributed by atoms with Crippen LogP contribution < -0.4 is 20.9 Å². The Kier molecular flexibility index (Phi) is 6.73. The van der Waals surface area contributed by atoms with Crippen LogP contribution >= 0.6 is 0 Å². The Bertz CT molecular complexity index is 950. The number of para-hydroxylation sites is 1. The van der Waals surface area contributed by atoms with Crippen LogP contribution in [-0.4, -0.2) is 53.8 Å². The number of aromatic amines is 1. The fourth-order valence-corrected chi connectivity index (χ4v) is 3.52. The molecule has 1 aromatic carbocycles. The van der Waals surface area contributed by atoms with Crippen LogP contribution in [0.25, 0.3) is 0 Å². The number of H-pyrrole nitrogens is 1. The fraction of sp³-hybridized carbons (Fsp3) is 0.476. The molecule has 3 rings (SSSR count). The summed E-state index contributed by atoms with van der Waals surface area (Å²) in [6, 6.07) is 10.7. The highest BCUT2D eigenvalue weighted by Gasteiger charge is 2.19. The van der Waals surface area contributed by atoms with Gasteiger partial charge in [-0.05, 0) is 32.4 Å². The van der Waals surface area contributed by atoms with Crippen LogP contribution in [0.3, 0.4) is 0 Å². The Balaban J connectivity index is 1.47.